The van der Waals surface area contributed by atoms with Crippen molar-refractivity contribution in [3.8, 4) is 5.75 Å². The van der Waals surface area contributed by atoms with Gasteiger partial charge in [-0.1, -0.05) is 0 Å². The van der Waals surface area contributed by atoms with Crippen LogP contribution in [-0.4, -0.2) is 64.6 Å². The van der Waals surface area contributed by atoms with Crippen LogP contribution >= 0.6 is 0 Å². The van der Waals surface area contributed by atoms with Gasteiger partial charge in [0, 0.05) is 50.8 Å². The standard InChI is InChI=1S/C21H28N4O2/c1-22-10-2-4-19(22)20-5-3-11-25(20)16-21(27)24-14-12-23(13-15-24)17-6-8-18(26)9-7-17/h2,4,6-10,20,26H,3,5,11-16H2,1H3/t20-/m1/s1. The second-order valence-corrected chi connectivity index (χ2v) is 7.56. The number of aryl methyl sites for hydroxylation is 1. The van der Waals surface area contributed by atoms with Crippen LogP contribution in [0.1, 0.15) is 24.6 Å². The number of benzene rings is 1. The van der Waals surface area contributed by atoms with Gasteiger partial charge in [-0.05, 0) is 55.8 Å². The number of piperazine rings is 1. The van der Waals surface area contributed by atoms with Crippen molar-refractivity contribution in [2.75, 3.05) is 44.2 Å². The van der Waals surface area contributed by atoms with Crippen LogP contribution in [0.2, 0.25) is 0 Å². The molecular formula is C21H28N4O2. The van der Waals surface area contributed by atoms with Crippen LogP contribution in [0.15, 0.2) is 42.6 Å². The number of nitrogens with zero attached hydrogens (tertiary/aromatic N) is 4. The predicted octanol–water partition coefficient (Wildman–Crippen LogP) is 2.22. The highest BCUT2D eigenvalue weighted by molar-refractivity contribution is 5.78. The number of phenols is 1. The van der Waals surface area contributed by atoms with E-state index in [0.29, 0.717) is 12.6 Å². The van der Waals surface area contributed by atoms with E-state index >= 15 is 0 Å². The van der Waals surface area contributed by atoms with Gasteiger partial charge in [0.05, 0.1) is 12.6 Å². The zero-order valence-electron chi connectivity index (χ0n) is 15.9. The fraction of sp³-hybridized carbons (Fsp3) is 0.476. The second-order valence-electron chi connectivity index (χ2n) is 7.56. The molecule has 0 unspecified atom stereocenters. The smallest absolute Gasteiger partial charge is 0.236 e. The number of hydrogen-bond donors (Lipinski definition) is 1. The molecule has 2 aliphatic rings. The van der Waals surface area contributed by atoms with Crippen molar-refractivity contribution in [3.05, 3.63) is 48.3 Å². The lowest BCUT2D eigenvalue weighted by Gasteiger charge is -2.37. The van der Waals surface area contributed by atoms with Crippen molar-refractivity contribution in [2.45, 2.75) is 18.9 Å². The van der Waals surface area contributed by atoms with E-state index in [1.165, 1.54) is 5.69 Å². The molecule has 1 atom stereocenters. The summed E-state index contributed by atoms with van der Waals surface area (Å²) in [6, 6.07) is 11.9. The molecule has 2 saturated heterocycles. The number of rotatable bonds is 4. The van der Waals surface area contributed by atoms with E-state index in [-0.39, 0.29) is 11.7 Å². The first-order valence-corrected chi connectivity index (χ1v) is 9.79. The van der Waals surface area contributed by atoms with Crippen molar-refractivity contribution >= 4 is 11.6 Å². The fourth-order valence-electron chi connectivity index (χ4n) is 4.32. The lowest BCUT2D eigenvalue weighted by atomic mass is 10.1. The zero-order chi connectivity index (χ0) is 18.8. The van der Waals surface area contributed by atoms with Crippen molar-refractivity contribution < 1.29 is 9.90 Å². The minimum absolute atomic E-state index is 0.237. The zero-order valence-corrected chi connectivity index (χ0v) is 15.9. The van der Waals surface area contributed by atoms with Gasteiger partial charge in [0.15, 0.2) is 0 Å². The molecule has 0 spiro atoms. The van der Waals surface area contributed by atoms with Crippen LogP contribution in [0.3, 0.4) is 0 Å². The number of amides is 1. The van der Waals surface area contributed by atoms with Gasteiger partial charge in [0.2, 0.25) is 5.91 Å². The molecule has 2 aliphatic heterocycles. The van der Waals surface area contributed by atoms with Crippen molar-refractivity contribution in [3.63, 3.8) is 0 Å². The summed E-state index contributed by atoms with van der Waals surface area (Å²) in [5.74, 6) is 0.521. The maximum absolute atomic E-state index is 12.9. The largest absolute Gasteiger partial charge is 0.508 e. The number of aromatic nitrogens is 1. The fourth-order valence-corrected chi connectivity index (χ4v) is 4.32. The summed E-state index contributed by atoms with van der Waals surface area (Å²) < 4.78 is 2.17. The maximum Gasteiger partial charge on any atom is 0.236 e. The predicted molar refractivity (Wildman–Crippen MR) is 106 cm³/mol. The number of carbonyl (C=O) groups excluding carboxylic acids is 1. The third-order valence-electron chi connectivity index (χ3n) is 5.87. The Morgan fingerprint density at radius 1 is 1.07 bits per heavy atom. The topological polar surface area (TPSA) is 52.0 Å². The Kier molecular flexibility index (Phi) is 5.07. The summed E-state index contributed by atoms with van der Waals surface area (Å²) >= 11 is 0. The summed E-state index contributed by atoms with van der Waals surface area (Å²) in [6.07, 6.45) is 4.35. The molecule has 1 aromatic heterocycles. The molecule has 1 aromatic carbocycles. The third kappa shape index (κ3) is 3.81. The van der Waals surface area contributed by atoms with E-state index in [2.05, 4.69) is 39.7 Å². The van der Waals surface area contributed by atoms with E-state index in [4.69, 9.17) is 0 Å². The number of aromatic hydroxyl groups is 1. The molecule has 6 heteroatoms. The first kappa shape index (κ1) is 17.9. The number of anilines is 1. The van der Waals surface area contributed by atoms with E-state index < -0.39 is 0 Å². The summed E-state index contributed by atoms with van der Waals surface area (Å²) in [6.45, 7) is 4.67. The monoisotopic (exact) mass is 368 g/mol. The molecule has 0 saturated carbocycles. The van der Waals surface area contributed by atoms with Gasteiger partial charge in [-0.25, -0.2) is 0 Å². The average Bonchev–Trinajstić information content (AvgIpc) is 3.31. The lowest BCUT2D eigenvalue weighted by molar-refractivity contribution is -0.133. The van der Waals surface area contributed by atoms with Gasteiger partial charge in [0.25, 0.3) is 0 Å². The molecule has 3 heterocycles. The van der Waals surface area contributed by atoms with Crippen LogP contribution in [0.4, 0.5) is 5.69 Å². The molecule has 1 N–H and O–H groups in total. The van der Waals surface area contributed by atoms with Gasteiger partial charge in [0.1, 0.15) is 5.75 Å². The SMILES string of the molecule is Cn1cccc1[C@H]1CCCN1CC(=O)N1CCN(c2ccc(O)cc2)CC1. The highest BCUT2D eigenvalue weighted by Crippen LogP contribution is 2.31. The van der Waals surface area contributed by atoms with Crippen LogP contribution in [0.5, 0.6) is 5.75 Å². The first-order valence-electron chi connectivity index (χ1n) is 9.79. The Hall–Kier alpha value is -2.47. The van der Waals surface area contributed by atoms with E-state index in [1.807, 2.05) is 17.0 Å². The molecule has 144 valence electrons. The lowest BCUT2D eigenvalue weighted by Crippen LogP contribution is -2.51. The number of likely N-dealkylation sites (tertiary alicyclic amines) is 1. The Bertz CT molecular complexity index is 778. The van der Waals surface area contributed by atoms with E-state index in [0.717, 1.165) is 51.3 Å². The summed E-state index contributed by atoms with van der Waals surface area (Å²) in [5, 5.41) is 9.44. The van der Waals surface area contributed by atoms with Gasteiger partial charge >= 0.3 is 0 Å². The van der Waals surface area contributed by atoms with Gasteiger partial charge in [-0.2, -0.15) is 0 Å². The second kappa shape index (κ2) is 7.64. The van der Waals surface area contributed by atoms with Crippen molar-refractivity contribution in [1.82, 2.24) is 14.4 Å². The van der Waals surface area contributed by atoms with Crippen LogP contribution in [0, 0.1) is 0 Å². The summed E-state index contributed by atoms with van der Waals surface area (Å²) in [4.78, 5) is 19.5. The first-order chi connectivity index (χ1) is 13.1. The van der Waals surface area contributed by atoms with Crippen LogP contribution in [0.25, 0.3) is 0 Å². The van der Waals surface area contributed by atoms with Gasteiger partial charge in [-0.15, -0.1) is 0 Å². The van der Waals surface area contributed by atoms with Crippen LogP contribution in [-0.2, 0) is 11.8 Å². The van der Waals surface area contributed by atoms with Crippen molar-refractivity contribution in [2.24, 2.45) is 7.05 Å². The third-order valence-corrected chi connectivity index (χ3v) is 5.87. The average molecular weight is 368 g/mol. The quantitative estimate of drug-likeness (QED) is 0.899. The molecular weight excluding hydrogens is 340 g/mol. The molecule has 2 aromatic rings. The molecule has 6 nitrogen and oxygen atoms in total. The molecule has 0 aliphatic carbocycles. The van der Waals surface area contributed by atoms with E-state index in [9.17, 15) is 9.90 Å². The highest BCUT2D eigenvalue weighted by Gasteiger charge is 2.31. The van der Waals surface area contributed by atoms with Gasteiger partial charge < -0.3 is 19.5 Å². The number of phenolic OH excluding ortho intramolecular Hbond substituents is 1. The molecule has 27 heavy (non-hydrogen) atoms. The van der Waals surface area contributed by atoms with Crippen LogP contribution < -0.4 is 4.90 Å². The molecule has 0 bridgehead atoms. The molecule has 1 amide bonds. The van der Waals surface area contributed by atoms with Gasteiger partial charge in [-0.3, -0.25) is 9.69 Å². The Morgan fingerprint density at radius 2 is 1.81 bits per heavy atom. The normalized spacial score (nSPS) is 21.0. The highest BCUT2D eigenvalue weighted by atomic mass is 16.3. The minimum Gasteiger partial charge on any atom is -0.508 e. The Labute approximate surface area is 160 Å². The Balaban J connectivity index is 1.33. The molecule has 0 radical (unpaired) electrons. The Morgan fingerprint density at radius 3 is 2.48 bits per heavy atom. The number of carbonyl (C=O) groups is 1. The maximum atomic E-state index is 12.9. The number of hydrogen-bond acceptors (Lipinski definition) is 4. The minimum atomic E-state index is 0.237. The summed E-state index contributed by atoms with van der Waals surface area (Å²) in [5.41, 5.74) is 2.40. The summed E-state index contributed by atoms with van der Waals surface area (Å²) in [7, 11) is 2.08. The van der Waals surface area contributed by atoms with Crippen molar-refractivity contribution in [1.29, 1.82) is 0 Å². The molecule has 2 fully saturated rings. The van der Waals surface area contributed by atoms with E-state index in [1.54, 1.807) is 12.1 Å². The molecule has 4 rings (SSSR count).